The molecule has 0 aromatic heterocycles. The summed E-state index contributed by atoms with van der Waals surface area (Å²) >= 11 is 0. The zero-order valence-electron chi connectivity index (χ0n) is 28.7. The van der Waals surface area contributed by atoms with Gasteiger partial charge in [-0.1, -0.05) is 118 Å². The third-order valence-corrected chi connectivity index (χ3v) is 8.03. The molecule has 0 saturated heterocycles. The molecule has 0 saturated carbocycles. The van der Waals surface area contributed by atoms with E-state index >= 15 is 0 Å². The number of hydrogen-bond donors (Lipinski definition) is 2. The molecule has 2 atom stereocenters. The van der Waals surface area contributed by atoms with Gasteiger partial charge in [0.15, 0.2) is 0 Å². The molecule has 0 aliphatic rings. The van der Waals surface area contributed by atoms with E-state index in [0.717, 1.165) is 102 Å². The minimum Gasteiger partial charge on any atom is -0.356 e. The van der Waals surface area contributed by atoms with Crippen molar-refractivity contribution >= 4 is 11.8 Å². The van der Waals surface area contributed by atoms with Crippen LogP contribution in [0.2, 0.25) is 0 Å². The fourth-order valence-electron chi connectivity index (χ4n) is 5.05. The summed E-state index contributed by atoms with van der Waals surface area (Å²) in [5, 5.41) is 6.18. The highest BCUT2D eigenvalue weighted by molar-refractivity contribution is 5.76. The smallest absolute Gasteiger partial charge is 0.219 e. The quantitative estimate of drug-likeness (QED) is 0.0785. The van der Waals surface area contributed by atoms with Crippen LogP contribution in [0.1, 0.15) is 170 Å². The molecular weight excluding hydrogens is 516 g/mol. The van der Waals surface area contributed by atoms with Crippen LogP contribution in [0.15, 0.2) is 0 Å². The molecule has 0 aromatic carbocycles. The number of carbonyl (C=O) groups excluding carboxylic acids is 2. The highest BCUT2D eigenvalue weighted by Gasteiger charge is 2.07. The summed E-state index contributed by atoms with van der Waals surface area (Å²) in [6.07, 6.45) is 21.5. The minimum atomic E-state index is 0.202. The van der Waals surface area contributed by atoms with Crippen molar-refractivity contribution in [3.63, 3.8) is 0 Å². The van der Waals surface area contributed by atoms with Gasteiger partial charge in [0.25, 0.3) is 0 Å². The molecule has 0 aromatic rings. The average molecular weight is 585 g/mol. The maximum atomic E-state index is 12.0. The molecule has 0 radical (unpaired) electrons. The maximum Gasteiger partial charge on any atom is 0.219 e. The highest BCUT2D eigenvalue weighted by atomic mass is 16.2. The first-order valence-electron chi connectivity index (χ1n) is 17.7. The topological polar surface area (TPSA) is 58.2 Å². The van der Waals surface area contributed by atoms with Crippen LogP contribution >= 0.6 is 0 Å². The summed E-state index contributed by atoms with van der Waals surface area (Å²) in [5.41, 5.74) is 0. The van der Waals surface area contributed by atoms with Gasteiger partial charge in [-0.25, -0.2) is 0 Å². The fraction of sp³-hybridized carbons (Fsp3) is 0.842. The van der Waals surface area contributed by atoms with Crippen molar-refractivity contribution in [2.24, 2.45) is 23.7 Å². The van der Waals surface area contributed by atoms with Crippen molar-refractivity contribution in [2.75, 3.05) is 13.1 Å². The van der Waals surface area contributed by atoms with E-state index in [2.05, 4.69) is 75.9 Å². The van der Waals surface area contributed by atoms with Gasteiger partial charge < -0.3 is 10.6 Å². The van der Waals surface area contributed by atoms with Crippen molar-refractivity contribution in [1.29, 1.82) is 0 Å². The van der Waals surface area contributed by atoms with Crippen LogP contribution in [0.25, 0.3) is 0 Å². The third kappa shape index (κ3) is 31.0. The molecule has 0 rings (SSSR count). The van der Waals surface area contributed by atoms with Gasteiger partial charge >= 0.3 is 0 Å². The van der Waals surface area contributed by atoms with Crippen LogP contribution in [0.5, 0.6) is 0 Å². The van der Waals surface area contributed by atoms with E-state index in [1.165, 1.54) is 38.5 Å². The molecule has 0 fully saturated rings. The zero-order chi connectivity index (χ0) is 31.3. The van der Waals surface area contributed by atoms with Crippen LogP contribution in [0.4, 0.5) is 0 Å². The molecule has 0 bridgehead atoms. The number of hydrogen-bond acceptors (Lipinski definition) is 2. The Balaban J connectivity index is 3.52. The highest BCUT2D eigenvalue weighted by Crippen LogP contribution is 2.16. The Morgan fingerprint density at radius 1 is 0.476 bits per heavy atom. The minimum absolute atomic E-state index is 0.202. The second kappa shape index (κ2) is 29.1. The molecule has 0 aliphatic carbocycles. The molecular formula is C38H68N2O2. The van der Waals surface area contributed by atoms with E-state index in [1.807, 2.05) is 0 Å². The van der Waals surface area contributed by atoms with Crippen molar-refractivity contribution in [3.05, 3.63) is 0 Å². The standard InChI is InChI=1S/C38H68N2O2/c1-33(2)23-21-25-35(5)29-31-39-37(41)27-19-17-15-13-11-9-7-8-10-12-14-16-18-20-28-38(42)40-32-30-36(6)26-22-24-34(3)4/h33-36H,11-32H2,1-6H3,(H,39,41)(H,40,42). The lowest BCUT2D eigenvalue weighted by atomic mass is 9.97. The molecule has 4 nitrogen and oxygen atoms in total. The number of unbranched alkanes of at least 4 members (excludes halogenated alkanes) is 8. The second-order valence-electron chi connectivity index (χ2n) is 13.6. The van der Waals surface area contributed by atoms with Crippen molar-refractivity contribution in [3.8, 4) is 23.7 Å². The molecule has 42 heavy (non-hydrogen) atoms. The lowest BCUT2D eigenvalue weighted by Crippen LogP contribution is -2.25. The van der Waals surface area contributed by atoms with Gasteiger partial charge in [0.05, 0.1) is 0 Å². The first-order valence-corrected chi connectivity index (χ1v) is 17.7. The molecule has 4 heteroatoms. The molecule has 2 N–H and O–H groups in total. The van der Waals surface area contributed by atoms with E-state index in [9.17, 15) is 9.59 Å². The largest absolute Gasteiger partial charge is 0.356 e. The average Bonchev–Trinajstić information content (AvgIpc) is 2.92. The van der Waals surface area contributed by atoms with Gasteiger partial charge in [-0.15, -0.1) is 0 Å². The van der Waals surface area contributed by atoms with Gasteiger partial charge in [0, 0.05) is 38.8 Å². The SMILES string of the molecule is CC(C)CCCC(C)CCNC(=O)CCCCCCC#CC#CCCCCCCC(=O)NCCC(C)CCCC(C)C. The van der Waals surface area contributed by atoms with Gasteiger partial charge in [0.1, 0.15) is 0 Å². The predicted octanol–water partition coefficient (Wildman–Crippen LogP) is 9.61. The maximum absolute atomic E-state index is 12.0. The summed E-state index contributed by atoms with van der Waals surface area (Å²) in [6, 6.07) is 0. The molecule has 0 aliphatic heterocycles. The summed E-state index contributed by atoms with van der Waals surface area (Å²) < 4.78 is 0. The Kier molecular flexibility index (Phi) is 27.8. The fourth-order valence-corrected chi connectivity index (χ4v) is 5.05. The van der Waals surface area contributed by atoms with Gasteiger partial charge in [-0.3, -0.25) is 9.59 Å². The lowest BCUT2D eigenvalue weighted by molar-refractivity contribution is -0.122. The lowest BCUT2D eigenvalue weighted by Gasteiger charge is -2.12. The van der Waals surface area contributed by atoms with Gasteiger partial charge in [0.2, 0.25) is 11.8 Å². The van der Waals surface area contributed by atoms with Gasteiger partial charge in [-0.05, 0) is 74.0 Å². The van der Waals surface area contributed by atoms with Crippen LogP contribution in [-0.4, -0.2) is 24.9 Å². The van der Waals surface area contributed by atoms with Crippen LogP contribution in [0, 0.1) is 47.4 Å². The summed E-state index contributed by atoms with van der Waals surface area (Å²) in [5.74, 6) is 15.6. The first-order chi connectivity index (χ1) is 20.2. The monoisotopic (exact) mass is 585 g/mol. The van der Waals surface area contributed by atoms with Gasteiger partial charge in [-0.2, -0.15) is 0 Å². The van der Waals surface area contributed by atoms with E-state index in [0.29, 0.717) is 24.7 Å². The first kappa shape index (κ1) is 40.1. The van der Waals surface area contributed by atoms with E-state index < -0.39 is 0 Å². The van der Waals surface area contributed by atoms with Crippen LogP contribution < -0.4 is 10.6 Å². The summed E-state index contributed by atoms with van der Waals surface area (Å²) in [6.45, 7) is 15.3. The van der Waals surface area contributed by atoms with E-state index in [4.69, 9.17) is 0 Å². The molecule has 0 spiro atoms. The Morgan fingerprint density at radius 3 is 1.24 bits per heavy atom. The predicted molar refractivity (Wildman–Crippen MR) is 182 cm³/mol. The Bertz CT molecular complexity index is 714. The summed E-state index contributed by atoms with van der Waals surface area (Å²) in [7, 11) is 0. The van der Waals surface area contributed by atoms with Crippen LogP contribution in [0.3, 0.4) is 0 Å². The third-order valence-electron chi connectivity index (χ3n) is 8.03. The number of amides is 2. The Labute approximate surface area is 262 Å². The van der Waals surface area contributed by atoms with Crippen molar-refractivity contribution in [2.45, 2.75) is 170 Å². The van der Waals surface area contributed by atoms with E-state index in [1.54, 1.807) is 0 Å². The molecule has 2 amide bonds. The molecule has 242 valence electrons. The second-order valence-corrected chi connectivity index (χ2v) is 13.6. The van der Waals surface area contributed by atoms with Crippen molar-refractivity contribution in [1.82, 2.24) is 10.6 Å². The van der Waals surface area contributed by atoms with Crippen molar-refractivity contribution < 1.29 is 9.59 Å². The number of nitrogens with one attached hydrogen (secondary N) is 2. The van der Waals surface area contributed by atoms with Crippen LogP contribution in [-0.2, 0) is 9.59 Å². The summed E-state index contributed by atoms with van der Waals surface area (Å²) in [4.78, 5) is 24.0. The van der Waals surface area contributed by atoms with E-state index in [-0.39, 0.29) is 11.8 Å². The molecule has 0 heterocycles. The number of carbonyl (C=O) groups is 2. The normalized spacial score (nSPS) is 12.3. The Morgan fingerprint density at radius 2 is 0.857 bits per heavy atom. The molecule has 2 unspecified atom stereocenters. The Hall–Kier alpha value is -1.94. The zero-order valence-corrected chi connectivity index (χ0v) is 28.7. The number of rotatable bonds is 26.